The minimum atomic E-state index is -1.02. The van der Waals surface area contributed by atoms with Gasteiger partial charge in [0.15, 0.2) is 0 Å². The van der Waals surface area contributed by atoms with Crippen molar-refractivity contribution in [1.29, 1.82) is 0 Å². The Kier molecular flexibility index (Phi) is 4.94. The van der Waals surface area contributed by atoms with Gasteiger partial charge in [0.2, 0.25) is 0 Å². The molecule has 150 valence electrons. The van der Waals surface area contributed by atoms with Crippen LogP contribution in [0.3, 0.4) is 0 Å². The Bertz CT molecular complexity index is 1050. The summed E-state index contributed by atoms with van der Waals surface area (Å²) in [6.45, 7) is 4.90. The van der Waals surface area contributed by atoms with Gasteiger partial charge in [0, 0.05) is 12.1 Å². The highest BCUT2D eigenvalue weighted by Gasteiger charge is 2.31. The van der Waals surface area contributed by atoms with Crippen LogP contribution in [0.5, 0.6) is 0 Å². The van der Waals surface area contributed by atoms with Crippen molar-refractivity contribution in [1.82, 2.24) is 14.7 Å². The molecule has 0 aliphatic carbocycles. The van der Waals surface area contributed by atoms with E-state index in [1.807, 2.05) is 19.1 Å². The smallest absolute Gasteiger partial charge is 0.339 e. The Labute approximate surface area is 167 Å². The zero-order valence-corrected chi connectivity index (χ0v) is 16.2. The molecule has 0 spiro atoms. The number of carboxylic acid groups (broad SMARTS) is 1. The fraction of sp³-hybridized carbons (Fsp3) is 0.286. The van der Waals surface area contributed by atoms with Crippen LogP contribution in [0.2, 0.25) is 0 Å². The molecule has 1 aromatic carbocycles. The number of morpholine rings is 1. The summed E-state index contributed by atoms with van der Waals surface area (Å²) in [5, 5.41) is 13.3. The summed E-state index contributed by atoms with van der Waals surface area (Å²) < 4.78 is 12.8. The van der Waals surface area contributed by atoms with Crippen LogP contribution in [-0.4, -0.2) is 51.4 Å². The van der Waals surface area contributed by atoms with Gasteiger partial charge < -0.3 is 19.2 Å². The molecule has 0 bridgehead atoms. The Morgan fingerprint density at radius 1 is 1.14 bits per heavy atom. The molecule has 2 aromatic heterocycles. The third-order valence-electron chi connectivity index (χ3n) is 5.08. The molecule has 1 saturated heterocycles. The van der Waals surface area contributed by atoms with Gasteiger partial charge in [0.25, 0.3) is 5.91 Å². The van der Waals surface area contributed by atoms with E-state index in [9.17, 15) is 14.7 Å². The SMILES string of the molecule is Cc1ccc(C2COCCN2C(=O)c2ccc(-n3ncc(C(=O)O)c3C)cc2)o1. The molecule has 1 N–H and O–H groups in total. The van der Waals surface area contributed by atoms with Crippen molar-refractivity contribution in [2.45, 2.75) is 19.9 Å². The molecule has 3 heterocycles. The lowest BCUT2D eigenvalue weighted by molar-refractivity contribution is -0.00894. The summed E-state index contributed by atoms with van der Waals surface area (Å²) in [6, 6.07) is 10.4. The number of nitrogens with zero attached hydrogens (tertiary/aromatic N) is 3. The molecule has 1 amide bonds. The van der Waals surface area contributed by atoms with Crippen molar-refractivity contribution in [3.8, 4) is 5.69 Å². The van der Waals surface area contributed by atoms with Crippen LogP contribution >= 0.6 is 0 Å². The second kappa shape index (κ2) is 7.56. The number of amides is 1. The largest absolute Gasteiger partial charge is 0.478 e. The summed E-state index contributed by atoms with van der Waals surface area (Å²) in [6.07, 6.45) is 1.32. The number of ether oxygens (including phenoxy) is 1. The van der Waals surface area contributed by atoms with E-state index in [1.54, 1.807) is 40.8 Å². The number of aryl methyl sites for hydroxylation is 1. The number of carbonyl (C=O) groups excluding carboxylic acids is 1. The van der Waals surface area contributed by atoms with E-state index in [0.717, 1.165) is 5.76 Å². The third kappa shape index (κ3) is 3.54. The van der Waals surface area contributed by atoms with Gasteiger partial charge in [-0.25, -0.2) is 9.48 Å². The number of hydrogen-bond donors (Lipinski definition) is 1. The highest BCUT2D eigenvalue weighted by Crippen LogP contribution is 2.27. The van der Waals surface area contributed by atoms with Gasteiger partial charge in [0.05, 0.1) is 30.8 Å². The van der Waals surface area contributed by atoms with Gasteiger partial charge in [-0.1, -0.05) is 0 Å². The first-order valence-corrected chi connectivity index (χ1v) is 9.29. The average Bonchev–Trinajstić information content (AvgIpc) is 3.33. The Morgan fingerprint density at radius 3 is 2.52 bits per heavy atom. The third-order valence-corrected chi connectivity index (χ3v) is 5.08. The van der Waals surface area contributed by atoms with Crippen molar-refractivity contribution in [2.24, 2.45) is 0 Å². The molecule has 1 aliphatic rings. The van der Waals surface area contributed by atoms with E-state index in [1.165, 1.54) is 6.20 Å². The molecule has 8 heteroatoms. The van der Waals surface area contributed by atoms with Gasteiger partial charge in [-0.2, -0.15) is 5.10 Å². The second-order valence-electron chi connectivity index (χ2n) is 6.95. The average molecular weight is 395 g/mol. The quantitative estimate of drug-likeness (QED) is 0.729. The van der Waals surface area contributed by atoms with E-state index >= 15 is 0 Å². The fourth-order valence-electron chi connectivity index (χ4n) is 3.51. The zero-order valence-electron chi connectivity index (χ0n) is 16.2. The number of aromatic carboxylic acids is 1. The van der Waals surface area contributed by atoms with Crippen molar-refractivity contribution >= 4 is 11.9 Å². The molecule has 0 saturated carbocycles. The lowest BCUT2D eigenvalue weighted by atomic mass is 10.1. The lowest BCUT2D eigenvalue weighted by Gasteiger charge is -2.34. The Hall–Kier alpha value is -3.39. The number of furan rings is 1. The fourth-order valence-corrected chi connectivity index (χ4v) is 3.51. The highest BCUT2D eigenvalue weighted by atomic mass is 16.5. The van der Waals surface area contributed by atoms with Gasteiger partial charge in [-0.15, -0.1) is 0 Å². The van der Waals surface area contributed by atoms with Crippen molar-refractivity contribution in [2.75, 3.05) is 19.8 Å². The monoisotopic (exact) mass is 395 g/mol. The molecule has 1 atom stereocenters. The van der Waals surface area contributed by atoms with Crippen molar-refractivity contribution in [3.05, 3.63) is 70.9 Å². The molecule has 1 aliphatic heterocycles. The van der Waals surface area contributed by atoms with Crippen molar-refractivity contribution < 1.29 is 23.8 Å². The highest BCUT2D eigenvalue weighted by molar-refractivity contribution is 5.94. The summed E-state index contributed by atoms with van der Waals surface area (Å²) in [5.74, 6) is 0.368. The second-order valence-corrected chi connectivity index (χ2v) is 6.95. The van der Waals surface area contributed by atoms with Crippen LogP contribution in [0.1, 0.15) is 44.0 Å². The van der Waals surface area contributed by atoms with Gasteiger partial charge in [0.1, 0.15) is 23.1 Å². The molecule has 4 rings (SSSR count). The number of benzene rings is 1. The minimum absolute atomic E-state index is 0.109. The maximum Gasteiger partial charge on any atom is 0.339 e. The number of carboxylic acids is 1. The number of rotatable bonds is 4. The molecule has 3 aromatic rings. The molecule has 0 radical (unpaired) electrons. The summed E-state index contributed by atoms with van der Waals surface area (Å²) in [4.78, 5) is 26.1. The minimum Gasteiger partial charge on any atom is -0.478 e. The van der Waals surface area contributed by atoms with Crippen LogP contribution in [0.15, 0.2) is 47.0 Å². The normalized spacial score (nSPS) is 16.8. The van der Waals surface area contributed by atoms with Gasteiger partial charge in [-0.3, -0.25) is 4.79 Å². The van der Waals surface area contributed by atoms with Gasteiger partial charge >= 0.3 is 5.97 Å². The first kappa shape index (κ1) is 18.9. The molecule has 1 fully saturated rings. The first-order chi connectivity index (χ1) is 14.0. The predicted molar refractivity (Wildman–Crippen MR) is 103 cm³/mol. The molecular formula is C21H21N3O5. The zero-order chi connectivity index (χ0) is 20.5. The molecule has 29 heavy (non-hydrogen) atoms. The standard InChI is InChI=1S/C21H21N3O5/c1-13-3-8-19(29-13)18-12-28-10-9-23(18)20(25)15-4-6-16(7-5-15)24-14(2)17(11-22-24)21(26)27/h3-8,11,18H,9-10,12H2,1-2H3,(H,26,27). The van der Waals surface area contributed by atoms with Crippen LogP contribution in [0.4, 0.5) is 0 Å². The van der Waals surface area contributed by atoms with E-state index < -0.39 is 5.97 Å². The van der Waals surface area contributed by atoms with E-state index in [4.69, 9.17) is 9.15 Å². The van der Waals surface area contributed by atoms with Crippen molar-refractivity contribution in [3.63, 3.8) is 0 Å². The maximum atomic E-state index is 13.1. The summed E-state index contributed by atoms with van der Waals surface area (Å²) in [7, 11) is 0. The summed E-state index contributed by atoms with van der Waals surface area (Å²) in [5.41, 5.74) is 1.90. The van der Waals surface area contributed by atoms with E-state index in [-0.39, 0.29) is 17.5 Å². The number of aromatic nitrogens is 2. The first-order valence-electron chi connectivity index (χ1n) is 9.29. The topological polar surface area (TPSA) is 97.8 Å². The van der Waals surface area contributed by atoms with Crippen LogP contribution in [0.25, 0.3) is 5.69 Å². The van der Waals surface area contributed by atoms with Crippen LogP contribution in [0, 0.1) is 13.8 Å². The number of carbonyl (C=O) groups is 2. The predicted octanol–water partition coefficient (Wildman–Crippen LogP) is 2.99. The lowest BCUT2D eigenvalue weighted by Crippen LogP contribution is -2.43. The Morgan fingerprint density at radius 2 is 1.90 bits per heavy atom. The molecule has 1 unspecified atom stereocenters. The van der Waals surface area contributed by atoms with Crippen LogP contribution < -0.4 is 0 Å². The molecule has 8 nitrogen and oxygen atoms in total. The van der Waals surface area contributed by atoms with E-state index in [0.29, 0.717) is 42.5 Å². The van der Waals surface area contributed by atoms with E-state index in [2.05, 4.69) is 5.10 Å². The number of hydrogen-bond acceptors (Lipinski definition) is 5. The van der Waals surface area contributed by atoms with Crippen LogP contribution in [-0.2, 0) is 4.74 Å². The molecular weight excluding hydrogens is 374 g/mol. The Balaban J connectivity index is 1.58. The summed E-state index contributed by atoms with van der Waals surface area (Å²) >= 11 is 0. The van der Waals surface area contributed by atoms with Gasteiger partial charge in [-0.05, 0) is 50.2 Å². The maximum absolute atomic E-state index is 13.1.